The fourth-order valence-corrected chi connectivity index (χ4v) is 10.0. The number of aromatic nitrogens is 1. The zero-order valence-corrected chi connectivity index (χ0v) is 41.4. The molecule has 68 heavy (non-hydrogen) atoms. The van der Waals surface area contributed by atoms with Gasteiger partial charge in [-0.1, -0.05) is 84.3 Å². The van der Waals surface area contributed by atoms with Gasteiger partial charge in [-0.2, -0.15) is 5.26 Å². The van der Waals surface area contributed by atoms with Crippen molar-refractivity contribution >= 4 is 46.6 Å². The molecule has 1 aliphatic carbocycles. The van der Waals surface area contributed by atoms with E-state index in [4.69, 9.17) is 30.5 Å². The molecule has 1 unspecified atom stereocenters. The molecule has 2 aliphatic rings. The van der Waals surface area contributed by atoms with Gasteiger partial charge in [0.2, 0.25) is 17.7 Å². The third-order valence-electron chi connectivity index (χ3n) is 12.5. The van der Waals surface area contributed by atoms with Crippen molar-refractivity contribution in [2.75, 3.05) is 39.6 Å². The summed E-state index contributed by atoms with van der Waals surface area (Å²) in [6.07, 6.45) is 2.28. The second-order valence-corrected chi connectivity index (χ2v) is 20.9. The van der Waals surface area contributed by atoms with E-state index in [0.29, 0.717) is 40.9 Å². The highest BCUT2D eigenvalue weighted by Gasteiger charge is 2.64. The Balaban J connectivity index is 0.843. The summed E-state index contributed by atoms with van der Waals surface area (Å²) in [5, 5.41) is 29.0. The maximum absolute atomic E-state index is 13.9. The number of carbonyl (C=O) groups excluding carboxylic acids is 4. The molecular weight excluding hydrogens is 908 g/mol. The lowest BCUT2D eigenvalue weighted by molar-refractivity contribution is -0.164. The number of nitrogens with one attached hydrogen (secondary N) is 3. The van der Waals surface area contributed by atoms with E-state index in [2.05, 4.69) is 54.7 Å². The number of aliphatic hydroxyl groups is 1. The van der Waals surface area contributed by atoms with Crippen LogP contribution in [-0.2, 0) is 30.4 Å². The van der Waals surface area contributed by atoms with Crippen LogP contribution in [0.3, 0.4) is 0 Å². The Hall–Kier alpha value is -5.57. The normalized spacial score (nSPS) is 19.8. The van der Waals surface area contributed by atoms with E-state index in [1.165, 1.54) is 4.90 Å². The zero-order valence-electron chi connectivity index (χ0n) is 39.8. The Kier molecular flexibility index (Phi) is 17.3. The molecule has 0 spiro atoms. The van der Waals surface area contributed by atoms with Gasteiger partial charge < -0.3 is 44.9 Å². The summed E-state index contributed by atoms with van der Waals surface area (Å²) in [5.74, 6) is -0.275. The number of hydrogen-bond donors (Lipinski definition) is 4. The SMILES string of the molecule is CC(C)(C)C(NC(=O)COCCOCCCCOc1ccc(C(=O)N[C@H]2C(C)(C)[C@H](Oc3ccc(C#N)c(Cl)c3)C2(C)C)cc1)C(=O)N1C[C@H](O)C[C@H]1C(=O)NCc1ccc(-c2cncs2)cc1. The fourth-order valence-electron chi connectivity index (χ4n) is 9.17. The van der Waals surface area contributed by atoms with E-state index >= 15 is 0 Å². The lowest BCUT2D eigenvalue weighted by Gasteiger charge is -2.63. The van der Waals surface area contributed by atoms with Gasteiger partial charge in [-0.05, 0) is 65.8 Å². The third kappa shape index (κ3) is 12.9. The number of hydrogen-bond acceptors (Lipinski definition) is 12. The maximum Gasteiger partial charge on any atom is 0.251 e. The maximum atomic E-state index is 13.9. The van der Waals surface area contributed by atoms with Crippen molar-refractivity contribution < 1.29 is 43.2 Å². The highest BCUT2D eigenvalue weighted by atomic mass is 35.5. The molecule has 0 bridgehead atoms. The minimum Gasteiger partial charge on any atom is -0.494 e. The molecule has 1 saturated carbocycles. The van der Waals surface area contributed by atoms with Gasteiger partial charge in [0.15, 0.2) is 0 Å². The molecule has 1 saturated heterocycles. The molecule has 15 nitrogen and oxygen atoms in total. The Labute approximate surface area is 407 Å². The first-order chi connectivity index (χ1) is 32.3. The molecule has 2 heterocycles. The molecular formula is C51H63ClN6O9S. The van der Waals surface area contributed by atoms with Crippen LogP contribution in [0.2, 0.25) is 5.02 Å². The molecule has 6 rings (SSSR count). The minimum atomic E-state index is -0.967. The number of nitriles is 1. The first-order valence-corrected chi connectivity index (χ1v) is 24.1. The number of halogens is 1. The number of carbonyl (C=O) groups is 4. The molecule has 3 aromatic carbocycles. The van der Waals surface area contributed by atoms with Crippen molar-refractivity contribution in [1.29, 1.82) is 5.26 Å². The van der Waals surface area contributed by atoms with Crippen LogP contribution in [0.15, 0.2) is 78.4 Å². The van der Waals surface area contributed by atoms with Crippen molar-refractivity contribution in [2.45, 2.75) is 105 Å². The van der Waals surface area contributed by atoms with Crippen molar-refractivity contribution in [2.24, 2.45) is 16.2 Å². The molecule has 4 N–H and O–H groups in total. The van der Waals surface area contributed by atoms with Crippen molar-refractivity contribution in [3.05, 3.63) is 100 Å². The first kappa shape index (κ1) is 51.8. The van der Waals surface area contributed by atoms with Crippen molar-refractivity contribution in [3.8, 4) is 28.0 Å². The van der Waals surface area contributed by atoms with Crippen LogP contribution < -0.4 is 25.4 Å². The van der Waals surface area contributed by atoms with E-state index in [-0.39, 0.29) is 74.1 Å². The second kappa shape index (κ2) is 22.7. The van der Waals surface area contributed by atoms with E-state index in [0.717, 1.165) is 28.8 Å². The van der Waals surface area contributed by atoms with E-state index in [9.17, 15) is 29.5 Å². The topological polar surface area (TPSA) is 201 Å². The summed E-state index contributed by atoms with van der Waals surface area (Å²) in [5.41, 5.74) is 3.12. The zero-order chi connectivity index (χ0) is 49.2. The van der Waals surface area contributed by atoms with Crippen LogP contribution >= 0.6 is 22.9 Å². The average Bonchev–Trinajstić information content (AvgIpc) is 3.99. The lowest BCUT2D eigenvalue weighted by atomic mass is 9.49. The van der Waals surface area contributed by atoms with Gasteiger partial charge in [0.25, 0.3) is 5.91 Å². The molecule has 4 aromatic rings. The quantitative estimate of drug-likeness (QED) is 0.0630. The second-order valence-electron chi connectivity index (χ2n) is 19.6. The number of thiazole rings is 1. The number of benzene rings is 3. The molecule has 1 aromatic heterocycles. The van der Waals surface area contributed by atoms with Crippen molar-refractivity contribution in [3.63, 3.8) is 0 Å². The number of rotatable bonds is 21. The molecule has 4 amide bonds. The smallest absolute Gasteiger partial charge is 0.251 e. The van der Waals surface area contributed by atoms with Gasteiger partial charge in [-0.25, -0.2) is 0 Å². The van der Waals surface area contributed by atoms with Crippen LogP contribution in [0.4, 0.5) is 0 Å². The van der Waals surface area contributed by atoms with E-state index < -0.39 is 35.4 Å². The summed E-state index contributed by atoms with van der Waals surface area (Å²) in [6.45, 7) is 15.0. The van der Waals surface area contributed by atoms with Gasteiger partial charge in [-0.15, -0.1) is 11.3 Å². The largest absolute Gasteiger partial charge is 0.494 e. The Morgan fingerprint density at radius 2 is 1.62 bits per heavy atom. The Morgan fingerprint density at radius 3 is 2.26 bits per heavy atom. The summed E-state index contributed by atoms with van der Waals surface area (Å²) in [4.78, 5) is 60.1. The number of likely N-dealkylation sites (tertiary alicyclic amines) is 1. The van der Waals surface area contributed by atoms with E-state index in [1.54, 1.807) is 65.5 Å². The van der Waals surface area contributed by atoms with Crippen LogP contribution in [0.1, 0.15) is 89.2 Å². The summed E-state index contributed by atoms with van der Waals surface area (Å²) in [7, 11) is 0. The van der Waals surface area contributed by atoms with Crippen LogP contribution in [0.5, 0.6) is 11.5 Å². The molecule has 17 heteroatoms. The molecule has 2 fully saturated rings. The molecule has 364 valence electrons. The number of amides is 4. The molecule has 0 radical (unpaired) electrons. The van der Waals surface area contributed by atoms with Gasteiger partial charge in [-0.3, -0.25) is 24.2 Å². The summed E-state index contributed by atoms with van der Waals surface area (Å²) >= 11 is 7.77. The standard InChI is InChI=1S/C51H63ClN6O9S/c1-49(2,3)43(46(63)58-29-36(59)24-40(58)45(62)55-27-32-10-12-33(13-11-32)41-28-54-31-68-41)56-42(60)30-65-23-22-64-20-8-9-21-66-37-17-14-34(15-18-37)44(61)57-47-50(4,5)48(51(47,6)7)67-38-19-16-35(26-53)39(52)25-38/h10-19,25,28,31,36,40,43,47-48,59H,8-9,20-24,27,29-30H2,1-7H3,(H,55,62)(H,56,60)(H,57,61)/t36-,40+,43?,47-,48-/m1/s1. The summed E-state index contributed by atoms with van der Waals surface area (Å²) < 4.78 is 23.5. The van der Waals surface area contributed by atoms with Crippen LogP contribution in [0, 0.1) is 27.6 Å². The average molecular weight is 972 g/mol. The third-order valence-corrected chi connectivity index (χ3v) is 13.7. The highest BCUT2D eigenvalue weighted by Crippen LogP contribution is 2.55. The number of β-amino-alcohol motifs (C(OH)–C–C–N with tert-alkyl or cyclic N) is 1. The van der Waals surface area contributed by atoms with Crippen molar-refractivity contribution in [1.82, 2.24) is 25.8 Å². The highest BCUT2D eigenvalue weighted by molar-refractivity contribution is 7.13. The predicted molar refractivity (Wildman–Crippen MR) is 259 cm³/mol. The van der Waals surface area contributed by atoms with Gasteiger partial charge in [0.05, 0.1) is 46.9 Å². The number of nitrogens with zero attached hydrogens (tertiary/aromatic N) is 3. The van der Waals surface area contributed by atoms with Crippen LogP contribution in [0.25, 0.3) is 10.4 Å². The fraction of sp³-hybridized carbons (Fsp3) is 0.490. The van der Waals surface area contributed by atoms with Gasteiger partial charge in [0.1, 0.15) is 42.4 Å². The lowest BCUT2D eigenvalue weighted by Crippen LogP contribution is -2.74. The first-order valence-electron chi connectivity index (χ1n) is 22.9. The van der Waals surface area contributed by atoms with Gasteiger partial charge in [0, 0.05) is 60.8 Å². The molecule has 1 aliphatic heterocycles. The minimum absolute atomic E-state index is 0.0194. The number of aliphatic hydroxyl groups excluding tert-OH is 1. The Morgan fingerprint density at radius 1 is 0.941 bits per heavy atom. The van der Waals surface area contributed by atoms with Crippen LogP contribution in [-0.4, -0.2) is 109 Å². The predicted octanol–water partition coefficient (Wildman–Crippen LogP) is 6.95. The van der Waals surface area contributed by atoms with Gasteiger partial charge >= 0.3 is 0 Å². The number of unbranched alkanes of at least 4 members (excludes halogenated alkanes) is 1. The summed E-state index contributed by atoms with van der Waals surface area (Å²) in [6, 6.07) is 19.9. The number of ether oxygens (including phenoxy) is 4. The monoisotopic (exact) mass is 970 g/mol. The van der Waals surface area contributed by atoms with E-state index in [1.807, 2.05) is 45.0 Å². The Bertz CT molecular complexity index is 2380. The molecule has 3 atom stereocenters.